The van der Waals surface area contributed by atoms with Crippen LogP contribution in [0.15, 0.2) is 84.9 Å². The summed E-state index contributed by atoms with van der Waals surface area (Å²) in [5.74, 6) is -0.197. The maximum Gasteiger partial charge on any atom is 0.258 e. The van der Waals surface area contributed by atoms with Gasteiger partial charge in [0, 0.05) is 16.3 Å². The number of allylic oxidation sites excluding steroid dienone is 1. The van der Waals surface area contributed by atoms with Crippen LogP contribution in [0.1, 0.15) is 27.5 Å². The molecule has 6 nitrogen and oxygen atoms in total. The van der Waals surface area contributed by atoms with Crippen molar-refractivity contribution in [3.8, 4) is 0 Å². The van der Waals surface area contributed by atoms with E-state index < -0.39 is 11.7 Å². The highest BCUT2D eigenvalue weighted by atomic mass is 35.5. The van der Waals surface area contributed by atoms with Gasteiger partial charge in [0.25, 0.3) is 11.9 Å². The lowest BCUT2D eigenvalue weighted by Crippen LogP contribution is -2.20. The predicted octanol–water partition coefficient (Wildman–Crippen LogP) is 5.38. The highest BCUT2D eigenvalue weighted by Crippen LogP contribution is 2.33. The second-order valence-electron chi connectivity index (χ2n) is 7.23. The van der Waals surface area contributed by atoms with Gasteiger partial charge in [0.15, 0.2) is 0 Å². The Bertz CT molecular complexity index is 1300. The van der Waals surface area contributed by atoms with Crippen LogP contribution in [-0.4, -0.2) is 20.7 Å². The second kappa shape index (κ2) is 8.28. The van der Waals surface area contributed by atoms with Gasteiger partial charge in [-0.2, -0.15) is 4.98 Å². The molecular weight excluding hydrogens is 429 g/mol. The highest BCUT2D eigenvalue weighted by molar-refractivity contribution is 6.30. The van der Waals surface area contributed by atoms with Crippen LogP contribution in [-0.2, 0) is 0 Å². The number of carbonyl (C=O) groups is 1. The van der Waals surface area contributed by atoms with Gasteiger partial charge < -0.3 is 5.32 Å². The van der Waals surface area contributed by atoms with Crippen molar-refractivity contribution in [2.45, 2.75) is 6.04 Å². The molecule has 0 fully saturated rings. The van der Waals surface area contributed by atoms with Gasteiger partial charge >= 0.3 is 0 Å². The standard InChI is InChI=1S/C24H17ClFN5O/c25-18-10-6-15(7-11-18)20-14-21(16-4-2-1-3-5-16)31-24(27-20)29-23(30-31)28-22(32)17-8-12-19(26)13-9-17/h1-14,21H,(H2,27,28,29,30,32). The number of hydrogen-bond acceptors (Lipinski definition) is 4. The molecule has 1 aliphatic rings. The molecule has 158 valence electrons. The van der Waals surface area contributed by atoms with E-state index in [1.165, 1.54) is 24.3 Å². The van der Waals surface area contributed by atoms with E-state index in [-0.39, 0.29) is 12.0 Å². The zero-order valence-electron chi connectivity index (χ0n) is 16.7. The molecule has 1 aromatic heterocycles. The summed E-state index contributed by atoms with van der Waals surface area (Å²) in [5, 5.41) is 11.1. The number of rotatable bonds is 4. The molecule has 0 spiro atoms. The van der Waals surface area contributed by atoms with E-state index >= 15 is 0 Å². The number of anilines is 2. The van der Waals surface area contributed by atoms with Crippen molar-refractivity contribution in [3.63, 3.8) is 0 Å². The van der Waals surface area contributed by atoms with Crippen molar-refractivity contribution in [2.75, 3.05) is 10.6 Å². The van der Waals surface area contributed by atoms with Crippen LogP contribution in [0, 0.1) is 5.82 Å². The van der Waals surface area contributed by atoms with Gasteiger partial charge in [0.05, 0.1) is 0 Å². The number of nitrogens with zero attached hydrogens (tertiary/aromatic N) is 3. The van der Waals surface area contributed by atoms with Gasteiger partial charge in [0.2, 0.25) is 5.95 Å². The number of hydrogen-bond donors (Lipinski definition) is 2. The van der Waals surface area contributed by atoms with Crippen LogP contribution in [0.25, 0.3) is 5.70 Å². The van der Waals surface area contributed by atoms with Gasteiger partial charge in [-0.1, -0.05) is 54.1 Å². The van der Waals surface area contributed by atoms with Crippen LogP contribution < -0.4 is 10.6 Å². The van der Waals surface area contributed by atoms with E-state index in [0.29, 0.717) is 16.5 Å². The van der Waals surface area contributed by atoms with Crippen molar-refractivity contribution in [1.29, 1.82) is 0 Å². The Kier molecular flexibility index (Phi) is 5.17. The van der Waals surface area contributed by atoms with E-state index in [4.69, 9.17) is 11.6 Å². The molecule has 0 saturated heterocycles. The SMILES string of the molecule is O=C(Nc1nc2n(n1)C(c1ccccc1)C=C(c1ccc(Cl)cc1)N2)c1ccc(F)cc1. The van der Waals surface area contributed by atoms with Gasteiger partial charge in [-0.25, -0.2) is 9.07 Å². The zero-order chi connectivity index (χ0) is 22.1. The summed E-state index contributed by atoms with van der Waals surface area (Å²) in [4.78, 5) is 17.0. The summed E-state index contributed by atoms with van der Waals surface area (Å²) in [6.07, 6.45) is 2.05. The maximum absolute atomic E-state index is 13.2. The molecular formula is C24H17ClFN5O. The molecule has 0 radical (unpaired) electrons. The summed E-state index contributed by atoms with van der Waals surface area (Å²) in [6, 6.07) is 22.4. The summed E-state index contributed by atoms with van der Waals surface area (Å²) >= 11 is 6.04. The van der Waals surface area contributed by atoms with E-state index in [0.717, 1.165) is 16.8 Å². The van der Waals surface area contributed by atoms with Crippen molar-refractivity contribution < 1.29 is 9.18 Å². The van der Waals surface area contributed by atoms with Crippen molar-refractivity contribution >= 4 is 35.1 Å². The summed E-state index contributed by atoms with van der Waals surface area (Å²) in [7, 11) is 0. The third-order valence-electron chi connectivity index (χ3n) is 5.09. The molecule has 1 amide bonds. The summed E-state index contributed by atoms with van der Waals surface area (Å²) in [5.41, 5.74) is 3.13. The average molecular weight is 446 g/mol. The predicted molar refractivity (Wildman–Crippen MR) is 122 cm³/mol. The number of halogens is 2. The van der Waals surface area contributed by atoms with Crippen LogP contribution in [0.2, 0.25) is 5.02 Å². The van der Waals surface area contributed by atoms with E-state index in [1.54, 1.807) is 4.68 Å². The van der Waals surface area contributed by atoms with E-state index in [9.17, 15) is 9.18 Å². The lowest BCUT2D eigenvalue weighted by molar-refractivity contribution is 0.102. The Morgan fingerprint density at radius 3 is 2.44 bits per heavy atom. The lowest BCUT2D eigenvalue weighted by atomic mass is 10.0. The first-order valence-corrected chi connectivity index (χ1v) is 10.3. The molecule has 2 N–H and O–H groups in total. The molecule has 0 bridgehead atoms. The highest BCUT2D eigenvalue weighted by Gasteiger charge is 2.26. The molecule has 8 heteroatoms. The fraction of sp³-hybridized carbons (Fsp3) is 0.0417. The van der Waals surface area contributed by atoms with Gasteiger partial charge in [-0.15, -0.1) is 5.10 Å². The number of fused-ring (bicyclic) bond motifs is 1. The van der Waals surface area contributed by atoms with Gasteiger partial charge in [-0.05, 0) is 53.6 Å². The van der Waals surface area contributed by atoms with Crippen molar-refractivity contribution in [2.24, 2.45) is 0 Å². The van der Waals surface area contributed by atoms with Gasteiger partial charge in [0.1, 0.15) is 11.9 Å². The fourth-order valence-corrected chi connectivity index (χ4v) is 3.63. The first-order valence-electron chi connectivity index (χ1n) is 9.90. The number of nitrogens with one attached hydrogen (secondary N) is 2. The second-order valence-corrected chi connectivity index (χ2v) is 7.67. The zero-order valence-corrected chi connectivity index (χ0v) is 17.4. The minimum absolute atomic E-state index is 0.147. The lowest BCUT2D eigenvalue weighted by Gasteiger charge is -2.24. The smallest absolute Gasteiger partial charge is 0.258 e. The number of carbonyl (C=O) groups excluding carboxylic acids is 1. The number of benzene rings is 3. The Hall–Kier alpha value is -3.97. The van der Waals surface area contributed by atoms with Crippen LogP contribution >= 0.6 is 11.6 Å². The summed E-state index contributed by atoms with van der Waals surface area (Å²) < 4.78 is 14.9. The summed E-state index contributed by atoms with van der Waals surface area (Å²) in [6.45, 7) is 0. The molecule has 0 aliphatic carbocycles. The van der Waals surface area contributed by atoms with Crippen molar-refractivity contribution in [3.05, 3.63) is 112 Å². The first kappa shape index (κ1) is 20.0. The Morgan fingerprint density at radius 2 is 1.72 bits per heavy atom. The minimum Gasteiger partial charge on any atom is -0.324 e. The first-order chi connectivity index (χ1) is 15.6. The van der Waals surface area contributed by atoms with Crippen LogP contribution in [0.3, 0.4) is 0 Å². The number of aromatic nitrogens is 3. The molecule has 4 aromatic rings. The Labute approximate surface area is 188 Å². The maximum atomic E-state index is 13.2. The molecule has 1 atom stereocenters. The molecule has 32 heavy (non-hydrogen) atoms. The van der Waals surface area contributed by atoms with Crippen LogP contribution in [0.5, 0.6) is 0 Å². The Balaban J connectivity index is 1.49. The fourth-order valence-electron chi connectivity index (χ4n) is 3.51. The molecule has 5 rings (SSSR count). The average Bonchev–Trinajstić information content (AvgIpc) is 3.22. The molecule has 2 heterocycles. The Morgan fingerprint density at radius 1 is 1.00 bits per heavy atom. The van der Waals surface area contributed by atoms with E-state index in [1.807, 2.05) is 60.7 Å². The largest absolute Gasteiger partial charge is 0.324 e. The quantitative estimate of drug-likeness (QED) is 0.442. The van der Waals surface area contributed by atoms with Gasteiger partial charge in [-0.3, -0.25) is 10.1 Å². The molecule has 3 aromatic carbocycles. The third kappa shape index (κ3) is 3.98. The monoisotopic (exact) mass is 445 g/mol. The van der Waals surface area contributed by atoms with Crippen molar-refractivity contribution in [1.82, 2.24) is 14.8 Å². The molecule has 1 unspecified atom stereocenters. The minimum atomic E-state index is -0.421. The van der Waals surface area contributed by atoms with Crippen LogP contribution in [0.4, 0.5) is 16.3 Å². The number of amides is 1. The third-order valence-corrected chi connectivity index (χ3v) is 5.35. The molecule has 0 saturated carbocycles. The normalized spacial score (nSPS) is 14.8. The van der Waals surface area contributed by atoms with E-state index in [2.05, 4.69) is 20.7 Å². The molecule has 1 aliphatic heterocycles. The topological polar surface area (TPSA) is 71.8 Å².